The van der Waals surface area contributed by atoms with Gasteiger partial charge in [0.25, 0.3) is 0 Å². The van der Waals surface area contributed by atoms with Gasteiger partial charge in [0.05, 0.1) is 12.6 Å². The summed E-state index contributed by atoms with van der Waals surface area (Å²) in [4.78, 5) is 8.59. The maximum Gasteiger partial charge on any atom is 0.224 e. The highest BCUT2D eigenvalue weighted by Crippen LogP contribution is 2.29. The van der Waals surface area contributed by atoms with E-state index in [2.05, 4.69) is 15.3 Å². The fourth-order valence-corrected chi connectivity index (χ4v) is 2.42. The Morgan fingerprint density at radius 1 is 1.39 bits per heavy atom. The number of ether oxygens (including phenoxy) is 1. The highest BCUT2D eigenvalue weighted by atomic mass is 35.5. The van der Waals surface area contributed by atoms with E-state index in [9.17, 15) is 0 Å². The molecule has 6 heteroatoms. The number of halogens is 1. The van der Waals surface area contributed by atoms with Crippen molar-refractivity contribution in [3.05, 3.63) is 46.8 Å². The molecule has 0 unspecified atom stereocenters. The molecule has 0 aliphatic heterocycles. The van der Waals surface area contributed by atoms with Crippen molar-refractivity contribution < 1.29 is 4.74 Å². The van der Waals surface area contributed by atoms with Crippen molar-refractivity contribution in [1.82, 2.24) is 9.97 Å². The summed E-state index contributed by atoms with van der Waals surface area (Å²) in [5.41, 5.74) is 8.38. The van der Waals surface area contributed by atoms with Gasteiger partial charge in [-0.2, -0.15) is 0 Å². The van der Waals surface area contributed by atoms with Crippen molar-refractivity contribution in [2.75, 3.05) is 25.5 Å². The third kappa shape index (κ3) is 4.21. The molecule has 1 heterocycles. The van der Waals surface area contributed by atoms with Gasteiger partial charge in [-0.3, -0.25) is 0 Å². The van der Waals surface area contributed by atoms with Crippen LogP contribution in [0.2, 0.25) is 5.28 Å². The SMILES string of the molecule is C/C=C(\C=CCN)CNc1nc(Cl)nc2cc(C)c(OC)cc12. The molecule has 2 aromatic rings. The van der Waals surface area contributed by atoms with Crippen LogP contribution in [0.4, 0.5) is 5.82 Å². The Labute approximate surface area is 141 Å². The molecule has 0 saturated heterocycles. The van der Waals surface area contributed by atoms with Gasteiger partial charge in [0.1, 0.15) is 11.6 Å². The molecule has 0 atom stereocenters. The number of methoxy groups -OCH3 is 1. The van der Waals surface area contributed by atoms with E-state index in [4.69, 9.17) is 22.1 Å². The van der Waals surface area contributed by atoms with E-state index < -0.39 is 0 Å². The second-order valence-corrected chi connectivity index (χ2v) is 5.37. The first-order chi connectivity index (χ1) is 11.1. The van der Waals surface area contributed by atoms with Gasteiger partial charge in [0, 0.05) is 18.5 Å². The van der Waals surface area contributed by atoms with Gasteiger partial charge in [-0.25, -0.2) is 9.97 Å². The maximum absolute atomic E-state index is 6.04. The topological polar surface area (TPSA) is 73.1 Å². The molecule has 122 valence electrons. The number of hydrogen-bond acceptors (Lipinski definition) is 5. The van der Waals surface area contributed by atoms with Crippen molar-refractivity contribution in [2.45, 2.75) is 13.8 Å². The second kappa shape index (κ2) is 7.94. The zero-order valence-corrected chi connectivity index (χ0v) is 14.3. The summed E-state index contributed by atoms with van der Waals surface area (Å²) in [7, 11) is 1.65. The number of aromatic nitrogens is 2. The number of aryl methyl sites for hydroxylation is 1. The predicted molar refractivity (Wildman–Crippen MR) is 96.3 cm³/mol. The second-order valence-electron chi connectivity index (χ2n) is 5.04. The molecule has 0 saturated carbocycles. The summed E-state index contributed by atoms with van der Waals surface area (Å²) >= 11 is 6.04. The Morgan fingerprint density at radius 2 is 2.17 bits per heavy atom. The molecule has 5 nitrogen and oxygen atoms in total. The van der Waals surface area contributed by atoms with Gasteiger partial charge in [0.2, 0.25) is 5.28 Å². The maximum atomic E-state index is 6.04. The molecule has 1 aromatic heterocycles. The minimum Gasteiger partial charge on any atom is -0.496 e. The molecule has 23 heavy (non-hydrogen) atoms. The number of rotatable bonds is 6. The Hall–Kier alpha value is -2.11. The molecular weight excluding hydrogens is 312 g/mol. The van der Waals surface area contributed by atoms with E-state index in [0.717, 1.165) is 27.8 Å². The quantitative estimate of drug-likeness (QED) is 0.626. The summed E-state index contributed by atoms with van der Waals surface area (Å²) in [5.74, 6) is 1.47. The fourth-order valence-electron chi connectivity index (χ4n) is 2.25. The number of nitrogens with zero attached hydrogens (tertiary/aromatic N) is 2. The molecule has 0 fully saturated rings. The van der Waals surface area contributed by atoms with E-state index >= 15 is 0 Å². The number of nitrogens with one attached hydrogen (secondary N) is 1. The van der Waals surface area contributed by atoms with Crippen LogP contribution in [0.15, 0.2) is 35.9 Å². The predicted octanol–water partition coefficient (Wildman–Crippen LogP) is 3.47. The summed E-state index contributed by atoms with van der Waals surface area (Å²) in [6.45, 7) is 5.08. The zero-order valence-electron chi connectivity index (χ0n) is 13.6. The smallest absolute Gasteiger partial charge is 0.224 e. The molecule has 2 rings (SSSR count). The summed E-state index contributed by atoms with van der Waals surface area (Å²) in [5, 5.41) is 4.39. The first kappa shape index (κ1) is 17.2. The summed E-state index contributed by atoms with van der Waals surface area (Å²) < 4.78 is 5.39. The molecule has 1 aromatic carbocycles. The van der Waals surface area contributed by atoms with Gasteiger partial charge < -0.3 is 15.8 Å². The molecule has 0 aliphatic rings. The molecule has 3 N–H and O–H groups in total. The van der Waals surface area contributed by atoms with Crippen LogP contribution in [0.1, 0.15) is 12.5 Å². The average molecular weight is 333 g/mol. The number of nitrogens with two attached hydrogens (primary N) is 1. The molecule has 0 bridgehead atoms. The van der Waals surface area contributed by atoms with Gasteiger partial charge in [-0.1, -0.05) is 18.2 Å². The van der Waals surface area contributed by atoms with Crippen LogP contribution in [0, 0.1) is 6.92 Å². The number of anilines is 1. The van der Waals surface area contributed by atoms with E-state index in [1.165, 1.54) is 0 Å². The van der Waals surface area contributed by atoms with Crippen molar-refractivity contribution >= 4 is 28.3 Å². The third-order valence-corrected chi connectivity index (χ3v) is 3.65. The van der Waals surface area contributed by atoms with E-state index in [-0.39, 0.29) is 5.28 Å². The lowest BCUT2D eigenvalue weighted by molar-refractivity contribution is 0.412. The normalized spacial score (nSPS) is 12.1. The summed E-state index contributed by atoms with van der Waals surface area (Å²) in [6, 6.07) is 3.87. The van der Waals surface area contributed by atoms with Crippen LogP contribution < -0.4 is 15.8 Å². The van der Waals surface area contributed by atoms with E-state index in [1.807, 2.05) is 44.2 Å². The van der Waals surface area contributed by atoms with Gasteiger partial charge in [-0.05, 0) is 48.7 Å². The largest absolute Gasteiger partial charge is 0.496 e. The number of benzene rings is 1. The van der Waals surface area contributed by atoms with Crippen LogP contribution in [-0.2, 0) is 0 Å². The standard InChI is InChI=1S/C17H21ClN4O/c1-4-12(6-5-7-19)10-20-16-13-9-15(23-3)11(2)8-14(13)21-17(18)22-16/h4-6,8-9H,7,10,19H2,1-3H3,(H,20,21,22)/b6-5?,12-4+. The monoisotopic (exact) mass is 332 g/mol. The summed E-state index contributed by atoms with van der Waals surface area (Å²) in [6.07, 6.45) is 5.92. The van der Waals surface area contributed by atoms with Crippen molar-refractivity contribution in [2.24, 2.45) is 5.73 Å². The lowest BCUT2D eigenvalue weighted by Crippen LogP contribution is -2.07. The molecular formula is C17H21ClN4O. The van der Waals surface area contributed by atoms with Crippen LogP contribution in [0.3, 0.4) is 0 Å². The highest BCUT2D eigenvalue weighted by molar-refractivity contribution is 6.28. The number of allylic oxidation sites excluding steroid dienone is 1. The molecule has 0 spiro atoms. The van der Waals surface area contributed by atoms with E-state index in [1.54, 1.807) is 7.11 Å². The number of hydrogen-bond donors (Lipinski definition) is 2. The minimum absolute atomic E-state index is 0.212. The van der Waals surface area contributed by atoms with Crippen LogP contribution in [0.25, 0.3) is 10.9 Å². The van der Waals surface area contributed by atoms with Crippen LogP contribution >= 0.6 is 11.6 Å². The van der Waals surface area contributed by atoms with Gasteiger partial charge >= 0.3 is 0 Å². The Balaban J connectivity index is 2.37. The highest BCUT2D eigenvalue weighted by Gasteiger charge is 2.10. The van der Waals surface area contributed by atoms with Crippen molar-refractivity contribution in [3.63, 3.8) is 0 Å². The van der Waals surface area contributed by atoms with Crippen molar-refractivity contribution in [3.8, 4) is 5.75 Å². The molecule has 0 aliphatic carbocycles. The van der Waals surface area contributed by atoms with Crippen LogP contribution in [0.5, 0.6) is 5.75 Å². The first-order valence-corrected chi connectivity index (χ1v) is 7.74. The lowest BCUT2D eigenvalue weighted by atomic mass is 10.1. The van der Waals surface area contributed by atoms with E-state index in [0.29, 0.717) is 18.9 Å². The third-order valence-electron chi connectivity index (χ3n) is 3.48. The van der Waals surface area contributed by atoms with Gasteiger partial charge in [-0.15, -0.1) is 0 Å². The Morgan fingerprint density at radius 3 is 2.83 bits per heavy atom. The lowest BCUT2D eigenvalue weighted by Gasteiger charge is -2.12. The molecule has 0 amide bonds. The minimum atomic E-state index is 0.212. The van der Waals surface area contributed by atoms with Crippen LogP contribution in [-0.4, -0.2) is 30.2 Å². The Bertz CT molecular complexity index is 756. The van der Waals surface area contributed by atoms with Crippen molar-refractivity contribution in [1.29, 1.82) is 0 Å². The number of fused-ring (bicyclic) bond motifs is 1. The average Bonchev–Trinajstić information content (AvgIpc) is 2.54. The first-order valence-electron chi connectivity index (χ1n) is 7.36. The fraction of sp³-hybridized carbons (Fsp3) is 0.294. The Kier molecular flexibility index (Phi) is 5.96. The van der Waals surface area contributed by atoms with Gasteiger partial charge in [0.15, 0.2) is 0 Å². The molecule has 0 radical (unpaired) electrons. The zero-order chi connectivity index (χ0) is 16.8.